The fraction of sp³-hybridized carbons (Fsp3) is 0.533. The van der Waals surface area contributed by atoms with Crippen molar-refractivity contribution < 1.29 is 4.79 Å². The van der Waals surface area contributed by atoms with Crippen LogP contribution in [0.3, 0.4) is 0 Å². The highest BCUT2D eigenvalue weighted by Crippen LogP contribution is 2.33. The monoisotopic (exact) mass is 246 g/mol. The number of nitrogens with one attached hydrogen (secondary N) is 1. The summed E-state index contributed by atoms with van der Waals surface area (Å²) in [6.45, 7) is 0.762. The zero-order chi connectivity index (χ0) is 12.8. The van der Waals surface area contributed by atoms with Crippen LogP contribution in [0.1, 0.15) is 31.2 Å². The summed E-state index contributed by atoms with van der Waals surface area (Å²) < 4.78 is 0. The summed E-state index contributed by atoms with van der Waals surface area (Å²) >= 11 is 0. The van der Waals surface area contributed by atoms with Crippen LogP contribution in [-0.2, 0) is 11.2 Å². The molecule has 3 heteroatoms. The van der Waals surface area contributed by atoms with E-state index >= 15 is 0 Å². The molecule has 3 nitrogen and oxygen atoms in total. The van der Waals surface area contributed by atoms with Gasteiger partial charge in [-0.25, -0.2) is 0 Å². The van der Waals surface area contributed by atoms with Crippen LogP contribution in [0.5, 0.6) is 0 Å². The number of hydrogen-bond donors (Lipinski definition) is 2. The first-order chi connectivity index (χ1) is 8.75. The standard InChI is InChI=1S/C15H22N2O/c16-14(11-13-5-2-1-3-6-13)15(18)17-10-4-7-12-8-9-12/h1-3,5-6,12,14H,4,7-11,16H2,(H,17,18). The first-order valence-corrected chi connectivity index (χ1v) is 6.83. The minimum Gasteiger partial charge on any atom is -0.355 e. The smallest absolute Gasteiger partial charge is 0.237 e. The number of rotatable bonds is 7. The van der Waals surface area contributed by atoms with E-state index in [0.29, 0.717) is 6.42 Å². The Labute approximate surface area is 109 Å². The SMILES string of the molecule is NC(Cc1ccccc1)C(=O)NCCCC1CC1. The summed E-state index contributed by atoms with van der Waals surface area (Å²) in [4.78, 5) is 11.8. The molecule has 1 unspecified atom stereocenters. The molecule has 1 aliphatic carbocycles. The maximum atomic E-state index is 11.8. The summed E-state index contributed by atoms with van der Waals surface area (Å²) in [7, 11) is 0. The van der Waals surface area contributed by atoms with Gasteiger partial charge < -0.3 is 11.1 Å². The van der Waals surface area contributed by atoms with Crippen molar-refractivity contribution in [3.63, 3.8) is 0 Å². The van der Waals surface area contributed by atoms with Gasteiger partial charge in [0.05, 0.1) is 6.04 Å². The number of carbonyl (C=O) groups excluding carboxylic acids is 1. The van der Waals surface area contributed by atoms with E-state index in [-0.39, 0.29) is 5.91 Å². The van der Waals surface area contributed by atoms with Crippen molar-refractivity contribution in [3.05, 3.63) is 35.9 Å². The Bertz CT molecular complexity index is 373. The number of benzene rings is 1. The van der Waals surface area contributed by atoms with E-state index in [9.17, 15) is 4.79 Å². The third kappa shape index (κ3) is 4.49. The summed E-state index contributed by atoms with van der Waals surface area (Å²) in [5, 5.41) is 2.92. The number of hydrogen-bond acceptors (Lipinski definition) is 2. The highest BCUT2D eigenvalue weighted by Gasteiger charge is 2.20. The van der Waals surface area contributed by atoms with Crippen molar-refractivity contribution in [1.29, 1.82) is 0 Å². The second-order valence-corrected chi connectivity index (χ2v) is 5.17. The Morgan fingerprint density at radius 2 is 2.06 bits per heavy atom. The average Bonchev–Trinajstić information content (AvgIpc) is 3.19. The van der Waals surface area contributed by atoms with Crippen LogP contribution < -0.4 is 11.1 Å². The quantitative estimate of drug-likeness (QED) is 0.722. The first-order valence-electron chi connectivity index (χ1n) is 6.83. The van der Waals surface area contributed by atoms with Crippen LogP contribution in [0, 0.1) is 5.92 Å². The van der Waals surface area contributed by atoms with Gasteiger partial charge in [-0.15, -0.1) is 0 Å². The van der Waals surface area contributed by atoms with Crippen LogP contribution in [0.2, 0.25) is 0 Å². The van der Waals surface area contributed by atoms with Crippen molar-refractivity contribution in [1.82, 2.24) is 5.32 Å². The zero-order valence-corrected chi connectivity index (χ0v) is 10.8. The lowest BCUT2D eigenvalue weighted by Gasteiger charge is -2.12. The minimum absolute atomic E-state index is 0.0327. The van der Waals surface area contributed by atoms with Gasteiger partial charge in [0.25, 0.3) is 0 Å². The second kappa shape index (κ2) is 6.55. The second-order valence-electron chi connectivity index (χ2n) is 5.17. The average molecular weight is 246 g/mol. The lowest BCUT2D eigenvalue weighted by Crippen LogP contribution is -2.42. The molecule has 2 rings (SSSR count). The summed E-state index contributed by atoms with van der Waals surface area (Å²) in [5.74, 6) is 0.898. The van der Waals surface area contributed by atoms with E-state index in [0.717, 1.165) is 24.4 Å². The summed E-state index contributed by atoms with van der Waals surface area (Å²) in [6.07, 6.45) is 5.68. The molecule has 1 fully saturated rings. The van der Waals surface area contributed by atoms with E-state index in [2.05, 4.69) is 5.32 Å². The molecule has 1 aliphatic rings. The van der Waals surface area contributed by atoms with Crippen molar-refractivity contribution >= 4 is 5.91 Å². The predicted molar refractivity (Wildman–Crippen MR) is 73.1 cm³/mol. The molecule has 1 aromatic carbocycles. The van der Waals surface area contributed by atoms with Gasteiger partial charge in [-0.1, -0.05) is 43.2 Å². The Hall–Kier alpha value is -1.35. The third-order valence-electron chi connectivity index (χ3n) is 3.42. The van der Waals surface area contributed by atoms with Crippen molar-refractivity contribution in [2.45, 2.75) is 38.1 Å². The number of amides is 1. The molecule has 18 heavy (non-hydrogen) atoms. The van der Waals surface area contributed by atoms with Crippen molar-refractivity contribution in [2.75, 3.05) is 6.54 Å². The molecule has 0 heterocycles. The molecule has 0 spiro atoms. The Morgan fingerprint density at radius 1 is 1.33 bits per heavy atom. The van der Waals surface area contributed by atoms with Gasteiger partial charge in [0.15, 0.2) is 0 Å². The van der Waals surface area contributed by atoms with Gasteiger partial charge in [0.1, 0.15) is 0 Å². The molecule has 98 valence electrons. The highest BCUT2D eigenvalue weighted by atomic mass is 16.2. The summed E-state index contributed by atoms with van der Waals surface area (Å²) in [5.41, 5.74) is 7.00. The highest BCUT2D eigenvalue weighted by molar-refractivity contribution is 5.81. The lowest BCUT2D eigenvalue weighted by molar-refractivity contribution is -0.122. The van der Waals surface area contributed by atoms with Gasteiger partial charge in [0.2, 0.25) is 5.91 Å². The molecule has 0 aliphatic heterocycles. The van der Waals surface area contributed by atoms with Gasteiger partial charge in [0, 0.05) is 6.54 Å². The molecule has 1 saturated carbocycles. The molecule has 0 saturated heterocycles. The van der Waals surface area contributed by atoms with Crippen molar-refractivity contribution in [3.8, 4) is 0 Å². The maximum Gasteiger partial charge on any atom is 0.237 e. The van der Waals surface area contributed by atoms with Crippen molar-refractivity contribution in [2.24, 2.45) is 11.7 Å². The van der Waals surface area contributed by atoms with Gasteiger partial charge in [-0.3, -0.25) is 4.79 Å². The molecule has 1 aromatic rings. The van der Waals surface area contributed by atoms with Crippen LogP contribution in [0.15, 0.2) is 30.3 Å². The third-order valence-corrected chi connectivity index (χ3v) is 3.42. The van der Waals surface area contributed by atoms with Crippen LogP contribution >= 0.6 is 0 Å². The molecular formula is C15H22N2O. The van der Waals surface area contributed by atoms with Gasteiger partial charge in [-0.2, -0.15) is 0 Å². The Kier molecular flexibility index (Phi) is 4.76. The lowest BCUT2D eigenvalue weighted by atomic mass is 10.1. The Balaban J connectivity index is 1.64. The van der Waals surface area contributed by atoms with Gasteiger partial charge >= 0.3 is 0 Å². The molecule has 1 atom stereocenters. The maximum absolute atomic E-state index is 11.8. The summed E-state index contributed by atoms with van der Waals surface area (Å²) in [6, 6.07) is 9.46. The molecule has 0 radical (unpaired) electrons. The predicted octanol–water partition coefficient (Wildman–Crippen LogP) is 1.86. The van der Waals surface area contributed by atoms with E-state index < -0.39 is 6.04 Å². The van der Waals surface area contributed by atoms with E-state index in [1.807, 2.05) is 30.3 Å². The normalized spacial score (nSPS) is 16.3. The molecule has 0 bridgehead atoms. The molecule has 0 aromatic heterocycles. The molecule has 3 N–H and O–H groups in total. The molecule has 1 amide bonds. The van der Waals surface area contributed by atoms with Crippen LogP contribution in [0.25, 0.3) is 0 Å². The largest absolute Gasteiger partial charge is 0.355 e. The van der Waals surface area contributed by atoms with Crippen LogP contribution in [-0.4, -0.2) is 18.5 Å². The number of carbonyl (C=O) groups is 1. The van der Waals surface area contributed by atoms with Crippen LogP contribution in [0.4, 0.5) is 0 Å². The minimum atomic E-state index is -0.437. The zero-order valence-electron chi connectivity index (χ0n) is 10.8. The Morgan fingerprint density at radius 3 is 2.72 bits per heavy atom. The number of nitrogens with two attached hydrogens (primary N) is 1. The first kappa shape index (κ1) is 13.1. The molecular weight excluding hydrogens is 224 g/mol. The van der Waals surface area contributed by atoms with E-state index in [1.54, 1.807) is 0 Å². The fourth-order valence-electron chi connectivity index (χ4n) is 2.10. The topological polar surface area (TPSA) is 55.1 Å². The van der Waals surface area contributed by atoms with Gasteiger partial charge in [-0.05, 0) is 30.7 Å². The fourth-order valence-corrected chi connectivity index (χ4v) is 2.10. The van der Waals surface area contributed by atoms with E-state index in [4.69, 9.17) is 5.73 Å². The van der Waals surface area contributed by atoms with E-state index in [1.165, 1.54) is 19.3 Å².